The number of nitrogens with one attached hydrogen (secondary N) is 3. The Kier molecular flexibility index (Phi) is 11.0. The van der Waals surface area contributed by atoms with E-state index in [-0.39, 0.29) is 42.6 Å². The average Bonchev–Trinajstić information content (AvgIpc) is 2.49. The molecule has 4 nitrogen and oxygen atoms in total. The van der Waals surface area contributed by atoms with E-state index in [1.807, 2.05) is 13.8 Å². The van der Waals surface area contributed by atoms with Crippen LogP contribution in [0.5, 0.6) is 0 Å². The van der Waals surface area contributed by atoms with E-state index in [1.54, 1.807) is 6.07 Å². The van der Waals surface area contributed by atoms with Gasteiger partial charge in [0.15, 0.2) is 0 Å². The van der Waals surface area contributed by atoms with Crippen molar-refractivity contribution in [1.29, 1.82) is 0 Å². The molecule has 0 aliphatic carbocycles. The first kappa shape index (κ1) is 23.0. The third-order valence-corrected chi connectivity index (χ3v) is 3.94. The van der Waals surface area contributed by atoms with E-state index in [0.717, 1.165) is 38.0 Å². The highest BCUT2D eigenvalue weighted by molar-refractivity contribution is 5.94. The summed E-state index contributed by atoms with van der Waals surface area (Å²) >= 11 is 0. The maximum absolute atomic E-state index is 13.4. The Bertz CT molecular complexity index is 509. The van der Waals surface area contributed by atoms with Gasteiger partial charge in [0.25, 0.3) is 0 Å². The van der Waals surface area contributed by atoms with Gasteiger partial charge in [0.1, 0.15) is 5.82 Å². The molecule has 1 heterocycles. The number of halogens is 3. The van der Waals surface area contributed by atoms with Gasteiger partial charge in [-0.2, -0.15) is 0 Å². The van der Waals surface area contributed by atoms with Crippen molar-refractivity contribution in [3.8, 4) is 0 Å². The van der Waals surface area contributed by atoms with Crippen molar-refractivity contribution < 1.29 is 9.18 Å². The molecule has 24 heavy (non-hydrogen) atoms. The number of carbonyl (C=O) groups excluding carboxylic acids is 1. The average molecular weight is 380 g/mol. The molecule has 0 spiro atoms. The Balaban J connectivity index is 0.00000264. The van der Waals surface area contributed by atoms with Gasteiger partial charge in [-0.25, -0.2) is 4.39 Å². The molecule has 1 saturated heterocycles. The maximum atomic E-state index is 13.4. The van der Waals surface area contributed by atoms with Gasteiger partial charge in [-0.3, -0.25) is 4.79 Å². The number of piperidine rings is 1. The van der Waals surface area contributed by atoms with Crippen molar-refractivity contribution in [2.45, 2.75) is 45.6 Å². The number of benzene rings is 1. The molecule has 1 aromatic rings. The maximum Gasteiger partial charge on any atom is 0.224 e. The zero-order valence-corrected chi connectivity index (χ0v) is 15.9. The Morgan fingerprint density at radius 2 is 1.92 bits per heavy atom. The second-order valence-electron chi connectivity index (χ2n) is 6.27. The summed E-state index contributed by atoms with van der Waals surface area (Å²) in [5.41, 5.74) is 1.27. The van der Waals surface area contributed by atoms with Crippen LogP contribution < -0.4 is 16.0 Å². The van der Waals surface area contributed by atoms with Gasteiger partial charge in [-0.15, -0.1) is 24.8 Å². The lowest BCUT2D eigenvalue weighted by atomic mass is 9.93. The predicted octanol–water partition coefficient (Wildman–Crippen LogP) is 4.21. The largest absolute Gasteiger partial charge is 0.381 e. The second kappa shape index (κ2) is 11.5. The van der Waals surface area contributed by atoms with E-state index in [0.29, 0.717) is 18.0 Å². The van der Waals surface area contributed by atoms with E-state index >= 15 is 0 Å². The van der Waals surface area contributed by atoms with Crippen LogP contribution in [-0.4, -0.2) is 25.0 Å². The molecule has 0 unspecified atom stereocenters. The summed E-state index contributed by atoms with van der Waals surface area (Å²) in [6.45, 7) is 6.09. The molecule has 3 N–H and O–H groups in total. The summed E-state index contributed by atoms with van der Waals surface area (Å²) in [5, 5.41) is 9.38. The van der Waals surface area contributed by atoms with Crippen molar-refractivity contribution in [1.82, 2.24) is 5.32 Å². The van der Waals surface area contributed by atoms with Crippen LogP contribution in [-0.2, 0) is 4.79 Å². The number of anilines is 2. The number of hydrogen-bond acceptors (Lipinski definition) is 3. The van der Waals surface area contributed by atoms with E-state index < -0.39 is 0 Å². The molecule has 0 bridgehead atoms. The standard InChI is InChI=1S/C17H26FN3O.2ClH/c1-12(2)20-15-5-4-14(18)11-16(15)21-17(22)6-3-13-7-9-19-10-8-13;;/h4-5,11-13,19-20H,3,6-10H2,1-2H3,(H,21,22);2*1H. The summed E-state index contributed by atoms with van der Waals surface area (Å²) < 4.78 is 13.4. The molecule has 1 aromatic carbocycles. The molecule has 0 radical (unpaired) electrons. The Morgan fingerprint density at radius 3 is 2.54 bits per heavy atom. The second-order valence-corrected chi connectivity index (χ2v) is 6.27. The van der Waals surface area contributed by atoms with E-state index in [2.05, 4.69) is 16.0 Å². The Hall–Kier alpha value is -1.04. The molecule has 1 aliphatic heterocycles. The van der Waals surface area contributed by atoms with Crippen LogP contribution in [0, 0.1) is 11.7 Å². The summed E-state index contributed by atoms with van der Waals surface area (Å²) in [7, 11) is 0. The molecule has 0 saturated carbocycles. The SMILES string of the molecule is CC(C)Nc1ccc(F)cc1NC(=O)CCC1CCNCC1.Cl.Cl. The smallest absolute Gasteiger partial charge is 0.224 e. The molecule has 2 rings (SSSR count). The highest BCUT2D eigenvalue weighted by Gasteiger charge is 2.15. The van der Waals surface area contributed by atoms with Gasteiger partial charge in [-0.05, 0) is 70.3 Å². The lowest BCUT2D eigenvalue weighted by molar-refractivity contribution is -0.116. The molecule has 0 aromatic heterocycles. The fourth-order valence-electron chi connectivity index (χ4n) is 2.78. The van der Waals surface area contributed by atoms with E-state index in [4.69, 9.17) is 0 Å². The predicted molar refractivity (Wildman–Crippen MR) is 103 cm³/mol. The minimum absolute atomic E-state index is 0. The van der Waals surface area contributed by atoms with Gasteiger partial charge in [0.2, 0.25) is 5.91 Å². The summed E-state index contributed by atoms with van der Waals surface area (Å²) in [6, 6.07) is 4.65. The minimum atomic E-state index is -0.344. The molecule has 1 fully saturated rings. The Labute approximate surface area is 156 Å². The van der Waals surface area contributed by atoms with Crippen LogP contribution in [0.15, 0.2) is 18.2 Å². The van der Waals surface area contributed by atoms with Crippen molar-refractivity contribution in [2.75, 3.05) is 23.7 Å². The van der Waals surface area contributed by atoms with Gasteiger partial charge >= 0.3 is 0 Å². The number of rotatable bonds is 6. The van der Waals surface area contributed by atoms with Gasteiger partial charge < -0.3 is 16.0 Å². The monoisotopic (exact) mass is 379 g/mol. The Morgan fingerprint density at radius 1 is 1.25 bits per heavy atom. The zero-order valence-electron chi connectivity index (χ0n) is 14.2. The van der Waals surface area contributed by atoms with Crippen LogP contribution in [0.1, 0.15) is 39.5 Å². The molecule has 7 heteroatoms. The van der Waals surface area contributed by atoms with Crippen molar-refractivity contribution in [3.63, 3.8) is 0 Å². The fourth-order valence-corrected chi connectivity index (χ4v) is 2.78. The quantitative estimate of drug-likeness (QED) is 0.693. The lowest BCUT2D eigenvalue weighted by Crippen LogP contribution is -2.28. The molecule has 1 aliphatic rings. The fraction of sp³-hybridized carbons (Fsp3) is 0.588. The van der Waals surface area contributed by atoms with E-state index in [1.165, 1.54) is 12.1 Å². The van der Waals surface area contributed by atoms with Gasteiger partial charge in [0.05, 0.1) is 11.4 Å². The van der Waals surface area contributed by atoms with Crippen molar-refractivity contribution in [2.24, 2.45) is 5.92 Å². The molecule has 0 atom stereocenters. The lowest BCUT2D eigenvalue weighted by Gasteiger charge is -2.22. The number of amides is 1. The zero-order chi connectivity index (χ0) is 15.9. The summed E-state index contributed by atoms with van der Waals surface area (Å²) in [4.78, 5) is 12.1. The number of carbonyl (C=O) groups is 1. The first-order valence-corrected chi connectivity index (χ1v) is 8.11. The van der Waals surface area contributed by atoms with Crippen molar-refractivity contribution >= 4 is 42.1 Å². The highest BCUT2D eigenvalue weighted by atomic mass is 35.5. The van der Waals surface area contributed by atoms with Crippen molar-refractivity contribution in [3.05, 3.63) is 24.0 Å². The first-order chi connectivity index (χ1) is 10.5. The van der Waals surface area contributed by atoms with Crippen LogP contribution in [0.2, 0.25) is 0 Å². The minimum Gasteiger partial charge on any atom is -0.381 e. The molecular weight excluding hydrogens is 352 g/mol. The van der Waals surface area contributed by atoms with Crippen LogP contribution >= 0.6 is 24.8 Å². The van der Waals surface area contributed by atoms with Crippen LogP contribution in [0.3, 0.4) is 0 Å². The van der Waals surface area contributed by atoms with E-state index in [9.17, 15) is 9.18 Å². The third-order valence-electron chi connectivity index (χ3n) is 3.94. The van der Waals surface area contributed by atoms with Gasteiger partial charge in [-0.1, -0.05) is 0 Å². The normalized spacial score (nSPS) is 14.5. The topological polar surface area (TPSA) is 53.2 Å². The first-order valence-electron chi connectivity index (χ1n) is 8.11. The van der Waals surface area contributed by atoms with Crippen LogP contribution in [0.25, 0.3) is 0 Å². The molecular formula is C17H28Cl2FN3O. The van der Waals surface area contributed by atoms with Crippen LogP contribution in [0.4, 0.5) is 15.8 Å². The molecule has 1 amide bonds. The summed E-state index contributed by atoms with van der Waals surface area (Å²) in [5.74, 6) is 0.228. The number of hydrogen-bond donors (Lipinski definition) is 3. The summed E-state index contributed by atoms with van der Waals surface area (Å²) in [6.07, 6.45) is 3.65. The van der Waals surface area contributed by atoms with Gasteiger partial charge in [0, 0.05) is 12.5 Å². The highest BCUT2D eigenvalue weighted by Crippen LogP contribution is 2.24. The third kappa shape index (κ3) is 7.69. The molecule has 138 valence electrons.